The highest BCUT2D eigenvalue weighted by Gasteiger charge is 2.15. The van der Waals surface area contributed by atoms with Crippen LogP contribution < -0.4 is 0 Å². The van der Waals surface area contributed by atoms with E-state index >= 15 is 0 Å². The lowest BCUT2D eigenvalue weighted by Crippen LogP contribution is -1.89. The summed E-state index contributed by atoms with van der Waals surface area (Å²) in [5.41, 5.74) is 2.86. The number of para-hydroxylation sites is 1. The Bertz CT molecular complexity index is 769. The molecule has 0 radical (unpaired) electrons. The lowest BCUT2D eigenvalue weighted by atomic mass is 10.0. The predicted octanol–water partition coefficient (Wildman–Crippen LogP) is 4.66. The molecule has 19 heavy (non-hydrogen) atoms. The molecule has 0 atom stereocenters. The van der Waals surface area contributed by atoms with Crippen LogP contribution in [-0.2, 0) is 6.42 Å². The molecule has 2 nitrogen and oxygen atoms in total. The average molecular weight is 312 g/mol. The zero-order valence-electron chi connectivity index (χ0n) is 10.1. The van der Waals surface area contributed by atoms with Gasteiger partial charge in [-0.15, -0.1) is 0 Å². The van der Waals surface area contributed by atoms with Crippen LogP contribution in [0.2, 0.25) is 0 Å². The number of nitrogens with zero attached hydrogens (tertiary/aromatic N) is 1. The summed E-state index contributed by atoms with van der Waals surface area (Å²) < 4.78 is 6.52. The quantitative estimate of drug-likeness (QED) is 0.690. The highest BCUT2D eigenvalue weighted by atomic mass is 79.9. The summed E-state index contributed by atoms with van der Waals surface area (Å²) in [5.74, 6) is 0.394. The molecule has 2 aromatic carbocycles. The molecule has 0 spiro atoms. The van der Waals surface area contributed by atoms with E-state index in [1.165, 1.54) is 5.56 Å². The monoisotopic (exact) mass is 311 g/mol. The number of furan rings is 1. The molecule has 0 bridgehead atoms. The molecule has 3 rings (SSSR count). The lowest BCUT2D eigenvalue weighted by molar-refractivity contribution is 0.593. The van der Waals surface area contributed by atoms with Crippen molar-refractivity contribution in [3.8, 4) is 6.07 Å². The van der Waals surface area contributed by atoms with Gasteiger partial charge < -0.3 is 4.42 Å². The van der Waals surface area contributed by atoms with Crippen molar-refractivity contribution in [3.05, 3.63) is 69.9 Å². The topological polar surface area (TPSA) is 36.9 Å². The number of fused-ring (bicyclic) bond motifs is 1. The Morgan fingerprint density at radius 2 is 1.84 bits per heavy atom. The van der Waals surface area contributed by atoms with Crippen molar-refractivity contribution in [1.29, 1.82) is 5.26 Å². The largest absolute Gasteiger partial charge is 0.444 e. The van der Waals surface area contributed by atoms with Crippen molar-refractivity contribution >= 4 is 26.9 Å². The fraction of sp³-hybridized carbons (Fsp3) is 0.0625. The van der Waals surface area contributed by atoms with E-state index < -0.39 is 0 Å². The van der Waals surface area contributed by atoms with Crippen LogP contribution in [0, 0.1) is 11.3 Å². The van der Waals surface area contributed by atoms with E-state index in [1.54, 1.807) is 0 Å². The summed E-state index contributed by atoms with van der Waals surface area (Å²) in [7, 11) is 0. The SMILES string of the molecule is N#Cc1oc2c(Br)cccc2c1Cc1ccccc1. The van der Waals surface area contributed by atoms with E-state index in [0.717, 1.165) is 21.0 Å². The van der Waals surface area contributed by atoms with Gasteiger partial charge in [0.15, 0.2) is 0 Å². The molecular formula is C16H10BrNO. The first-order valence-corrected chi connectivity index (χ1v) is 6.73. The number of hydrogen-bond acceptors (Lipinski definition) is 2. The fourth-order valence-corrected chi connectivity index (χ4v) is 2.65. The molecule has 0 saturated heterocycles. The highest BCUT2D eigenvalue weighted by molar-refractivity contribution is 9.10. The fourth-order valence-electron chi connectivity index (χ4n) is 2.20. The Morgan fingerprint density at radius 1 is 1.05 bits per heavy atom. The molecule has 0 aliphatic heterocycles. The van der Waals surface area contributed by atoms with Gasteiger partial charge in [-0.25, -0.2) is 0 Å². The molecule has 0 unspecified atom stereocenters. The van der Waals surface area contributed by atoms with Crippen molar-refractivity contribution in [1.82, 2.24) is 0 Å². The highest BCUT2D eigenvalue weighted by Crippen LogP contribution is 2.32. The molecule has 0 N–H and O–H groups in total. The van der Waals surface area contributed by atoms with Crippen molar-refractivity contribution in [2.45, 2.75) is 6.42 Å². The zero-order chi connectivity index (χ0) is 13.2. The van der Waals surface area contributed by atoms with Crippen LogP contribution in [0.4, 0.5) is 0 Å². The molecule has 0 saturated carbocycles. The molecule has 1 heterocycles. The van der Waals surface area contributed by atoms with E-state index in [1.807, 2.05) is 36.4 Å². The summed E-state index contributed by atoms with van der Waals surface area (Å²) in [5, 5.41) is 10.2. The third kappa shape index (κ3) is 2.16. The van der Waals surface area contributed by atoms with E-state index in [4.69, 9.17) is 4.42 Å². The normalized spacial score (nSPS) is 10.5. The summed E-state index contributed by atoms with van der Waals surface area (Å²) in [4.78, 5) is 0. The standard InChI is InChI=1S/C16H10BrNO/c17-14-8-4-7-12-13(15(10-18)19-16(12)14)9-11-5-2-1-3-6-11/h1-8H,9H2. The van der Waals surface area contributed by atoms with Crippen molar-refractivity contribution < 1.29 is 4.42 Å². The Kier molecular flexibility index (Phi) is 3.10. The van der Waals surface area contributed by atoms with Gasteiger partial charge in [0, 0.05) is 17.4 Å². The smallest absolute Gasteiger partial charge is 0.208 e. The first kappa shape index (κ1) is 12.0. The second-order valence-electron chi connectivity index (χ2n) is 4.30. The molecule has 0 aliphatic carbocycles. The second kappa shape index (κ2) is 4.91. The predicted molar refractivity (Wildman–Crippen MR) is 77.9 cm³/mol. The minimum Gasteiger partial charge on any atom is -0.444 e. The van der Waals surface area contributed by atoms with Crippen LogP contribution in [0.1, 0.15) is 16.9 Å². The third-order valence-electron chi connectivity index (χ3n) is 3.10. The molecule has 3 heteroatoms. The summed E-state index contributed by atoms with van der Waals surface area (Å²) in [6.07, 6.45) is 0.702. The summed E-state index contributed by atoms with van der Waals surface area (Å²) in [6, 6.07) is 18.1. The summed E-state index contributed by atoms with van der Waals surface area (Å²) in [6.45, 7) is 0. The van der Waals surface area contributed by atoms with E-state index in [-0.39, 0.29) is 0 Å². The third-order valence-corrected chi connectivity index (χ3v) is 3.72. The Hall–Kier alpha value is -2.05. The number of nitriles is 1. The number of benzene rings is 2. The van der Waals surface area contributed by atoms with Crippen LogP contribution in [0.3, 0.4) is 0 Å². The van der Waals surface area contributed by atoms with Gasteiger partial charge in [-0.1, -0.05) is 42.5 Å². The molecule has 3 aromatic rings. The van der Waals surface area contributed by atoms with Gasteiger partial charge in [-0.3, -0.25) is 0 Å². The van der Waals surface area contributed by atoms with Gasteiger partial charge >= 0.3 is 0 Å². The van der Waals surface area contributed by atoms with E-state index in [9.17, 15) is 5.26 Å². The molecule has 0 fully saturated rings. The van der Waals surface area contributed by atoms with Crippen LogP contribution in [0.5, 0.6) is 0 Å². The molecule has 0 amide bonds. The van der Waals surface area contributed by atoms with Gasteiger partial charge in [0.05, 0.1) is 4.47 Å². The number of halogens is 1. The first-order valence-electron chi connectivity index (χ1n) is 5.93. The maximum Gasteiger partial charge on any atom is 0.208 e. The van der Waals surface area contributed by atoms with Gasteiger partial charge in [-0.2, -0.15) is 5.26 Å². The Labute approximate surface area is 119 Å². The Balaban J connectivity index is 2.17. The maximum atomic E-state index is 9.23. The van der Waals surface area contributed by atoms with Crippen LogP contribution in [0.15, 0.2) is 57.4 Å². The number of rotatable bonds is 2. The van der Waals surface area contributed by atoms with Gasteiger partial charge in [0.2, 0.25) is 5.76 Å². The molecule has 92 valence electrons. The van der Waals surface area contributed by atoms with Gasteiger partial charge in [0.25, 0.3) is 0 Å². The van der Waals surface area contributed by atoms with Crippen molar-refractivity contribution in [2.24, 2.45) is 0 Å². The first-order chi connectivity index (χ1) is 9.29. The lowest BCUT2D eigenvalue weighted by Gasteiger charge is -2.00. The Morgan fingerprint density at radius 3 is 2.58 bits per heavy atom. The van der Waals surface area contributed by atoms with Crippen molar-refractivity contribution in [2.75, 3.05) is 0 Å². The molecule has 1 aromatic heterocycles. The minimum atomic E-state index is 0.394. The van der Waals surface area contributed by atoms with E-state index in [0.29, 0.717) is 12.2 Å². The van der Waals surface area contributed by atoms with Gasteiger partial charge in [0.1, 0.15) is 11.7 Å². The zero-order valence-corrected chi connectivity index (χ0v) is 11.6. The van der Waals surface area contributed by atoms with Gasteiger partial charge in [-0.05, 0) is 27.6 Å². The average Bonchev–Trinajstić information content (AvgIpc) is 2.80. The second-order valence-corrected chi connectivity index (χ2v) is 5.15. The molecule has 0 aliphatic rings. The minimum absolute atomic E-state index is 0.394. The van der Waals surface area contributed by atoms with Crippen LogP contribution >= 0.6 is 15.9 Å². The van der Waals surface area contributed by atoms with E-state index in [2.05, 4.69) is 34.1 Å². The van der Waals surface area contributed by atoms with Crippen LogP contribution in [-0.4, -0.2) is 0 Å². The summed E-state index contributed by atoms with van der Waals surface area (Å²) >= 11 is 3.46. The van der Waals surface area contributed by atoms with Crippen molar-refractivity contribution in [3.63, 3.8) is 0 Å². The maximum absolute atomic E-state index is 9.23. The molecular weight excluding hydrogens is 302 g/mol. The van der Waals surface area contributed by atoms with Crippen LogP contribution in [0.25, 0.3) is 11.0 Å². The number of hydrogen-bond donors (Lipinski definition) is 0.